The number of nitrogens with one attached hydrogen (secondary N) is 1. The zero-order valence-corrected chi connectivity index (χ0v) is 23.6. The molecule has 0 bridgehead atoms. The van der Waals surface area contributed by atoms with Crippen molar-refractivity contribution in [2.45, 2.75) is 50.7 Å². The zero-order valence-electron chi connectivity index (χ0n) is 21.2. The van der Waals surface area contributed by atoms with Gasteiger partial charge in [-0.1, -0.05) is 66.5 Å². The number of amides is 2. The number of fused-ring (bicyclic) bond motifs is 1. The maximum Gasteiger partial charge on any atom is 0.243 e. The molecule has 0 saturated carbocycles. The Morgan fingerprint density at radius 3 is 2.30 bits per heavy atom. The van der Waals surface area contributed by atoms with Crippen molar-refractivity contribution in [2.24, 2.45) is 0 Å². The molecule has 0 aliphatic carbocycles. The molecule has 0 aliphatic rings. The molecule has 2 amide bonds. The number of carbonyl (C=O) groups excluding carboxylic acids is 2. The van der Waals surface area contributed by atoms with Gasteiger partial charge in [0.25, 0.3) is 0 Å². The lowest BCUT2D eigenvalue weighted by Crippen LogP contribution is -2.51. The van der Waals surface area contributed by atoms with Gasteiger partial charge in [-0.15, -0.1) is 0 Å². The van der Waals surface area contributed by atoms with Crippen molar-refractivity contribution in [2.75, 3.05) is 13.6 Å². The monoisotopic (exact) mass is 563 g/mol. The lowest BCUT2D eigenvalue weighted by atomic mass is 10.1. The van der Waals surface area contributed by atoms with Crippen LogP contribution in [0.3, 0.4) is 0 Å². The van der Waals surface area contributed by atoms with Gasteiger partial charge < -0.3 is 10.2 Å². The summed E-state index contributed by atoms with van der Waals surface area (Å²) in [5.41, 5.74) is 0.586. The highest BCUT2D eigenvalue weighted by atomic mass is 35.5. The molecule has 0 radical (unpaired) electrons. The van der Waals surface area contributed by atoms with Gasteiger partial charge in [-0.2, -0.15) is 4.31 Å². The largest absolute Gasteiger partial charge is 0.352 e. The van der Waals surface area contributed by atoms with E-state index >= 15 is 0 Å². The zero-order chi connectivity index (χ0) is 27.3. The van der Waals surface area contributed by atoms with Crippen molar-refractivity contribution >= 4 is 55.8 Å². The second kappa shape index (κ2) is 12.3. The number of benzene rings is 3. The summed E-state index contributed by atoms with van der Waals surface area (Å²) in [7, 11) is -2.63. The van der Waals surface area contributed by atoms with Gasteiger partial charge in [0.05, 0.1) is 11.4 Å². The average molecular weight is 565 g/mol. The fraction of sp³-hybridized carbons (Fsp3) is 0.333. The Balaban J connectivity index is 1.87. The molecule has 0 unspecified atom stereocenters. The van der Waals surface area contributed by atoms with Crippen LogP contribution in [0, 0.1) is 0 Å². The molecule has 0 aromatic heterocycles. The Hall–Kier alpha value is -2.65. The molecule has 198 valence electrons. The smallest absolute Gasteiger partial charge is 0.243 e. The van der Waals surface area contributed by atoms with Gasteiger partial charge in [0.2, 0.25) is 21.8 Å². The van der Waals surface area contributed by atoms with Crippen LogP contribution in [-0.2, 0) is 26.2 Å². The Kier molecular flexibility index (Phi) is 9.58. The summed E-state index contributed by atoms with van der Waals surface area (Å²) in [4.78, 5) is 27.8. The molecule has 2 atom stereocenters. The van der Waals surface area contributed by atoms with E-state index in [0.29, 0.717) is 15.6 Å². The lowest BCUT2D eigenvalue weighted by Gasteiger charge is -2.31. The summed E-state index contributed by atoms with van der Waals surface area (Å²) < 4.78 is 27.6. The summed E-state index contributed by atoms with van der Waals surface area (Å²) >= 11 is 12.4. The average Bonchev–Trinajstić information content (AvgIpc) is 2.87. The molecule has 37 heavy (non-hydrogen) atoms. The number of carbonyl (C=O) groups is 2. The van der Waals surface area contributed by atoms with Crippen molar-refractivity contribution in [3.63, 3.8) is 0 Å². The maximum absolute atomic E-state index is 13.5. The second-order valence-corrected chi connectivity index (χ2v) is 11.9. The summed E-state index contributed by atoms with van der Waals surface area (Å²) in [6.07, 6.45) is 0.724. The van der Waals surface area contributed by atoms with Crippen molar-refractivity contribution in [1.82, 2.24) is 14.5 Å². The fourth-order valence-electron chi connectivity index (χ4n) is 3.76. The van der Waals surface area contributed by atoms with E-state index in [-0.39, 0.29) is 23.4 Å². The molecule has 3 aromatic rings. The van der Waals surface area contributed by atoms with E-state index in [0.717, 1.165) is 21.5 Å². The number of hydrogen-bond acceptors (Lipinski definition) is 4. The van der Waals surface area contributed by atoms with Gasteiger partial charge in [-0.05, 0) is 60.9 Å². The van der Waals surface area contributed by atoms with Crippen LogP contribution in [-0.4, -0.2) is 55.1 Å². The highest BCUT2D eigenvalue weighted by Gasteiger charge is 2.31. The lowest BCUT2D eigenvalue weighted by molar-refractivity contribution is -0.140. The van der Waals surface area contributed by atoms with Gasteiger partial charge in [0, 0.05) is 29.7 Å². The van der Waals surface area contributed by atoms with Crippen LogP contribution in [0.2, 0.25) is 10.0 Å². The molecule has 0 spiro atoms. The van der Waals surface area contributed by atoms with Crippen LogP contribution in [0.4, 0.5) is 0 Å². The van der Waals surface area contributed by atoms with Crippen molar-refractivity contribution in [3.8, 4) is 0 Å². The normalized spacial score (nSPS) is 13.4. The summed E-state index contributed by atoms with van der Waals surface area (Å²) in [6.45, 7) is 4.97. The first-order chi connectivity index (χ1) is 17.4. The molecule has 0 fully saturated rings. The number of sulfonamides is 1. The number of nitrogens with zero attached hydrogens (tertiary/aromatic N) is 2. The van der Waals surface area contributed by atoms with E-state index in [1.807, 2.05) is 38.1 Å². The SMILES string of the molecule is CC[C@@H](C)NC(=O)[C@@H](C)N(Cc1ccc(Cl)cc1Cl)C(=O)CN(C)S(=O)(=O)c1ccc2ccccc2c1. The summed E-state index contributed by atoms with van der Waals surface area (Å²) in [6, 6.07) is 16.2. The van der Waals surface area contributed by atoms with Crippen molar-refractivity contribution in [1.29, 1.82) is 0 Å². The number of halogens is 2. The predicted molar refractivity (Wildman–Crippen MR) is 148 cm³/mol. The van der Waals surface area contributed by atoms with Crippen LogP contribution in [0.25, 0.3) is 10.8 Å². The molecule has 0 heterocycles. The molecule has 0 saturated heterocycles. The van der Waals surface area contributed by atoms with E-state index in [4.69, 9.17) is 23.2 Å². The third kappa shape index (κ3) is 7.02. The molecule has 7 nitrogen and oxygen atoms in total. The maximum atomic E-state index is 13.5. The van der Waals surface area contributed by atoms with Crippen LogP contribution in [0.15, 0.2) is 65.6 Å². The molecule has 0 aliphatic heterocycles. The third-order valence-corrected chi connectivity index (χ3v) is 8.70. The Bertz CT molecular complexity index is 1400. The van der Waals surface area contributed by atoms with E-state index < -0.39 is 28.5 Å². The van der Waals surface area contributed by atoms with E-state index in [2.05, 4.69) is 5.32 Å². The molecule has 1 N–H and O–H groups in total. The van der Waals surface area contributed by atoms with Crippen molar-refractivity contribution < 1.29 is 18.0 Å². The minimum Gasteiger partial charge on any atom is -0.352 e. The first kappa shape index (κ1) is 28.9. The summed E-state index contributed by atoms with van der Waals surface area (Å²) in [5.74, 6) is -0.877. The highest BCUT2D eigenvalue weighted by molar-refractivity contribution is 7.89. The number of likely N-dealkylation sites (N-methyl/N-ethyl adjacent to an activating group) is 1. The second-order valence-electron chi connectivity index (χ2n) is 9.02. The van der Waals surface area contributed by atoms with E-state index in [1.165, 1.54) is 18.0 Å². The highest BCUT2D eigenvalue weighted by Crippen LogP contribution is 2.24. The van der Waals surface area contributed by atoms with Gasteiger partial charge >= 0.3 is 0 Å². The van der Waals surface area contributed by atoms with E-state index in [1.54, 1.807) is 37.3 Å². The quantitative estimate of drug-likeness (QED) is 0.371. The standard InChI is InChI=1S/C27H31Cl2N3O4S/c1-5-18(2)30-27(34)19(3)32(16-22-10-12-23(28)15-25(22)29)26(33)17-31(4)37(35,36)24-13-11-20-8-6-7-9-21(20)14-24/h6-15,18-19H,5,16-17H2,1-4H3,(H,30,34)/t18-,19-/m1/s1. The minimum atomic E-state index is -3.97. The minimum absolute atomic E-state index is 0.00773. The van der Waals surface area contributed by atoms with Crippen LogP contribution < -0.4 is 5.32 Å². The van der Waals surface area contributed by atoms with Gasteiger partial charge in [0.15, 0.2) is 0 Å². The molecule has 3 aromatic carbocycles. The molecule has 3 rings (SSSR count). The van der Waals surface area contributed by atoms with Crippen LogP contribution in [0.1, 0.15) is 32.8 Å². The molecule has 10 heteroatoms. The van der Waals surface area contributed by atoms with Crippen LogP contribution >= 0.6 is 23.2 Å². The number of rotatable bonds is 10. The fourth-order valence-corrected chi connectivity index (χ4v) is 5.38. The van der Waals surface area contributed by atoms with E-state index in [9.17, 15) is 18.0 Å². The third-order valence-electron chi connectivity index (χ3n) is 6.31. The Morgan fingerprint density at radius 1 is 0.973 bits per heavy atom. The topological polar surface area (TPSA) is 86.8 Å². The van der Waals surface area contributed by atoms with Crippen molar-refractivity contribution in [3.05, 3.63) is 76.3 Å². The predicted octanol–water partition coefficient (Wildman–Crippen LogP) is 5.10. The Morgan fingerprint density at radius 2 is 1.65 bits per heavy atom. The summed E-state index contributed by atoms with van der Waals surface area (Å²) in [5, 5.41) is 5.35. The molecular formula is C27H31Cl2N3O4S. The van der Waals surface area contributed by atoms with Gasteiger partial charge in [-0.3, -0.25) is 9.59 Å². The van der Waals surface area contributed by atoms with Gasteiger partial charge in [0.1, 0.15) is 6.04 Å². The molecular weight excluding hydrogens is 533 g/mol. The first-order valence-electron chi connectivity index (χ1n) is 11.9. The van der Waals surface area contributed by atoms with Crippen LogP contribution in [0.5, 0.6) is 0 Å². The number of hydrogen-bond donors (Lipinski definition) is 1. The Labute approximate surface area is 228 Å². The van der Waals surface area contributed by atoms with Gasteiger partial charge in [-0.25, -0.2) is 8.42 Å². The first-order valence-corrected chi connectivity index (χ1v) is 14.1.